The van der Waals surface area contributed by atoms with Gasteiger partial charge in [0.05, 0.1) is 16.6 Å². The van der Waals surface area contributed by atoms with Crippen molar-refractivity contribution in [2.75, 3.05) is 38.9 Å². The molecular weight excluding hydrogens is 374 g/mol. The molecule has 146 valence electrons. The molecule has 1 aromatic heterocycles. The number of amides is 1. The highest BCUT2D eigenvalue weighted by Crippen LogP contribution is 2.34. The van der Waals surface area contributed by atoms with Crippen LogP contribution in [0.2, 0.25) is 0 Å². The third-order valence-electron chi connectivity index (χ3n) is 4.70. The summed E-state index contributed by atoms with van der Waals surface area (Å²) in [6, 6.07) is 11.8. The van der Waals surface area contributed by atoms with Gasteiger partial charge < -0.3 is 14.4 Å². The fraction of sp³-hybridized carbons (Fsp3) is 0.333. The average Bonchev–Trinajstić information content (AvgIpc) is 3.28. The summed E-state index contributed by atoms with van der Waals surface area (Å²) < 4.78 is 11.9. The normalized spacial score (nSPS) is 12.7. The molecule has 2 heterocycles. The third-order valence-corrected chi connectivity index (χ3v) is 5.75. The predicted molar refractivity (Wildman–Crippen MR) is 112 cm³/mol. The number of benzene rings is 2. The maximum atomic E-state index is 13.2. The Labute approximate surface area is 168 Å². The lowest BCUT2D eigenvalue weighted by Crippen LogP contribution is -2.37. The molecule has 1 aliphatic rings. The second-order valence-corrected chi connectivity index (χ2v) is 8.14. The summed E-state index contributed by atoms with van der Waals surface area (Å²) in [5, 5.41) is 0.747. The molecule has 0 fully saturated rings. The maximum Gasteiger partial charge on any atom is 0.233 e. The number of para-hydroxylation sites is 1. The molecule has 7 heteroatoms. The highest BCUT2D eigenvalue weighted by molar-refractivity contribution is 7.22. The molecule has 3 aromatic rings. The summed E-state index contributed by atoms with van der Waals surface area (Å²) >= 11 is 1.56. The Hall–Kier alpha value is -2.64. The summed E-state index contributed by atoms with van der Waals surface area (Å²) in [6.07, 6.45) is 0.291. The summed E-state index contributed by atoms with van der Waals surface area (Å²) in [5.41, 5.74) is 2.99. The Morgan fingerprint density at radius 1 is 1.14 bits per heavy atom. The monoisotopic (exact) mass is 397 g/mol. The van der Waals surface area contributed by atoms with E-state index in [4.69, 9.17) is 14.5 Å². The lowest BCUT2D eigenvalue weighted by atomic mass is 10.1. The number of anilines is 1. The Balaban J connectivity index is 1.61. The van der Waals surface area contributed by atoms with E-state index in [1.54, 1.807) is 16.2 Å². The third kappa shape index (κ3) is 3.81. The van der Waals surface area contributed by atoms with Crippen LogP contribution in [0.15, 0.2) is 36.4 Å². The number of rotatable bonds is 6. The van der Waals surface area contributed by atoms with Crippen molar-refractivity contribution in [3.05, 3.63) is 47.5 Å². The minimum atomic E-state index is 0.0254. The number of carbonyl (C=O) groups excluding carboxylic acids is 1. The summed E-state index contributed by atoms with van der Waals surface area (Å²) in [5.74, 6) is 1.44. The SMILES string of the molecule is Cc1cccc2sc(N(CCN(C)C)C(=O)Cc3ccc4c(c3)OCO4)nc12. The molecule has 6 nitrogen and oxygen atoms in total. The number of fused-ring (bicyclic) bond motifs is 2. The van der Waals surface area contributed by atoms with E-state index in [-0.39, 0.29) is 12.7 Å². The van der Waals surface area contributed by atoms with Crippen molar-refractivity contribution in [2.24, 2.45) is 0 Å². The van der Waals surface area contributed by atoms with Crippen LogP contribution in [0.25, 0.3) is 10.2 Å². The summed E-state index contributed by atoms with van der Waals surface area (Å²) in [6.45, 7) is 3.63. The van der Waals surface area contributed by atoms with Crippen molar-refractivity contribution in [3.63, 3.8) is 0 Å². The molecule has 0 N–H and O–H groups in total. The van der Waals surface area contributed by atoms with Crippen LogP contribution in [-0.4, -0.2) is 49.8 Å². The number of likely N-dealkylation sites (N-methyl/N-ethyl adjacent to an activating group) is 1. The molecule has 2 aromatic carbocycles. The zero-order valence-electron chi connectivity index (χ0n) is 16.3. The molecule has 1 aliphatic heterocycles. The van der Waals surface area contributed by atoms with Crippen LogP contribution < -0.4 is 14.4 Å². The lowest BCUT2D eigenvalue weighted by Gasteiger charge is -2.22. The Morgan fingerprint density at radius 2 is 1.96 bits per heavy atom. The zero-order chi connectivity index (χ0) is 19.7. The topological polar surface area (TPSA) is 54.9 Å². The number of carbonyl (C=O) groups is 1. The highest BCUT2D eigenvalue weighted by Gasteiger charge is 2.22. The van der Waals surface area contributed by atoms with Gasteiger partial charge in [0.25, 0.3) is 0 Å². The van der Waals surface area contributed by atoms with Crippen molar-refractivity contribution in [1.82, 2.24) is 9.88 Å². The molecule has 0 bridgehead atoms. The van der Waals surface area contributed by atoms with Gasteiger partial charge >= 0.3 is 0 Å². The minimum Gasteiger partial charge on any atom is -0.454 e. The Bertz CT molecular complexity index is 1020. The van der Waals surface area contributed by atoms with Crippen molar-refractivity contribution in [1.29, 1.82) is 0 Å². The smallest absolute Gasteiger partial charge is 0.233 e. The first-order valence-corrected chi connectivity index (χ1v) is 10.0. The van der Waals surface area contributed by atoms with Gasteiger partial charge in [-0.3, -0.25) is 9.69 Å². The van der Waals surface area contributed by atoms with Crippen LogP contribution in [-0.2, 0) is 11.2 Å². The number of hydrogen-bond acceptors (Lipinski definition) is 6. The largest absolute Gasteiger partial charge is 0.454 e. The van der Waals surface area contributed by atoms with E-state index in [1.807, 2.05) is 51.4 Å². The van der Waals surface area contributed by atoms with E-state index in [0.29, 0.717) is 18.7 Å². The first kappa shape index (κ1) is 18.7. The second-order valence-electron chi connectivity index (χ2n) is 7.13. The number of ether oxygens (including phenoxy) is 2. The van der Waals surface area contributed by atoms with Crippen molar-refractivity contribution in [3.8, 4) is 11.5 Å². The number of thiazole rings is 1. The number of aryl methyl sites for hydroxylation is 1. The van der Waals surface area contributed by atoms with Crippen LogP contribution >= 0.6 is 11.3 Å². The van der Waals surface area contributed by atoms with Gasteiger partial charge in [-0.25, -0.2) is 4.98 Å². The van der Waals surface area contributed by atoms with Crippen LogP contribution in [0.3, 0.4) is 0 Å². The zero-order valence-corrected chi connectivity index (χ0v) is 17.1. The van der Waals surface area contributed by atoms with E-state index < -0.39 is 0 Å². The van der Waals surface area contributed by atoms with Gasteiger partial charge in [-0.05, 0) is 50.3 Å². The van der Waals surface area contributed by atoms with Crippen LogP contribution in [0.4, 0.5) is 5.13 Å². The summed E-state index contributed by atoms with van der Waals surface area (Å²) in [4.78, 5) is 21.8. The molecule has 0 radical (unpaired) electrons. The van der Waals surface area contributed by atoms with Gasteiger partial charge in [0, 0.05) is 13.1 Å². The first-order valence-electron chi connectivity index (χ1n) is 9.21. The highest BCUT2D eigenvalue weighted by atomic mass is 32.1. The van der Waals surface area contributed by atoms with Crippen LogP contribution in [0, 0.1) is 6.92 Å². The fourth-order valence-electron chi connectivity index (χ4n) is 3.14. The van der Waals surface area contributed by atoms with Gasteiger partial charge in [-0.1, -0.05) is 29.5 Å². The molecule has 4 rings (SSSR count). The number of hydrogen-bond donors (Lipinski definition) is 0. The quantitative estimate of drug-likeness (QED) is 0.638. The van der Waals surface area contributed by atoms with Crippen LogP contribution in [0.5, 0.6) is 11.5 Å². The average molecular weight is 398 g/mol. The molecule has 28 heavy (non-hydrogen) atoms. The van der Waals surface area contributed by atoms with Crippen molar-refractivity contribution < 1.29 is 14.3 Å². The number of nitrogens with zero attached hydrogens (tertiary/aromatic N) is 3. The standard InChI is InChI=1S/C21H23N3O3S/c1-14-5-4-6-18-20(14)22-21(28-18)24(10-9-23(2)3)19(25)12-15-7-8-16-17(11-15)27-13-26-16/h4-8,11H,9-10,12-13H2,1-3H3. The van der Waals surface area contributed by atoms with Crippen molar-refractivity contribution >= 4 is 32.6 Å². The van der Waals surface area contributed by atoms with E-state index in [0.717, 1.165) is 38.8 Å². The van der Waals surface area contributed by atoms with Crippen molar-refractivity contribution in [2.45, 2.75) is 13.3 Å². The molecule has 1 amide bonds. The second kappa shape index (κ2) is 7.77. The Morgan fingerprint density at radius 3 is 2.75 bits per heavy atom. The van der Waals surface area contributed by atoms with E-state index in [2.05, 4.69) is 11.0 Å². The minimum absolute atomic E-state index is 0.0254. The van der Waals surface area contributed by atoms with E-state index in [9.17, 15) is 4.79 Å². The lowest BCUT2D eigenvalue weighted by molar-refractivity contribution is -0.118. The van der Waals surface area contributed by atoms with Gasteiger partial charge in [0.2, 0.25) is 12.7 Å². The van der Waals surface area contributed by atoms with Crippen LogP contribution in [0.1, 0.15) is 11.1 Å². The molecule has 0 aliphatic carbocycles. The predicted octanol–water partition coefficient (Wildman–Crippen LogP) is 3.47. The van der Waals surface area contributed by atoms with Gasteiger partial charge in [0.15, 0.2) is 16.6 Å². The number of aromatic nitrogens is 1. The van der Waals surface area contributed by atoms with Gasteiger partial charge in [-0.15, -0.1) is 0 Å². The molecule has 0 unspecified atom stereocenters. The van der Waals surface area contributed by atoms with E-state index >= 15 is 0 Å². The maximum absolute atomic E-state index is 13.2. The van der Waals surface area contributed by atoms with E-state index in [1.165, 1.54) is 0 Å². The Kier molecular flexibility index (Phi) is 5.19. The van der Waals surface area contributed by atoms with Gasteiger partial charge in [0.1, 0.15) is 0 Å². The van der Waals surface area contributed by atoms with Gasteiger partial charge in [-0.2, -0.15) is 0 Å². The summed E-state index contributed by atoms with van der Waals surface area (Å²) in [7, 11) is 4.01. The first-order chi connectivity index (χ1) is 13.5. The molecule has 0 atom stereocenters. The molecular formula is C21H23N3O3S. The fourth-order valence-corrected chi connectivity index (χ4v) is 4.22. The molecule has 0 spiro atoms. The molecule has 0 saturated heterocycles. The molecule has 0 saturated carbocycles.